The van der Waals surface area contributed by atoms with E-state index in [0.29, 0.717) is 0 Å². The van der Waals surface area contributed by atoms with Crippen LogP contribution >= 0.6 is 55.8 Å². The maximum atomic E-state index is 5.85. The fourth-order valence-electron chi connectivity index (χ4n) is 2.19. The van der Waals surface area contributed by atoms with Gasteiger partial charge in [0.05, 0.1) is 0 Å². The van der Waals surface area contributed by atoms with Gasteiger partial charge in [-0.05, 0) is 16.9 Å². The van der Waals surface area contributed by atoms with Crippen molar-refractivity contribution in [3.63, 3.8) is 0 Å². The van der Waals surface area contributed by atoms with Crippen LogP contribution < -0.4 is 0 Å². The van der Waals surface area contributed by atoms with E-state index in [1.165, 1.54) is 75.1 Å². The van der Waals surface area contributed by atoms with Crippen LogP contribution in [-0.2, 0) is 0 Å². The third-order valence-corrected chi connectivity index (χ3v) is 6.73. The van der Waals surface area contributed by atoms with Crippen LogP contribution in [0.2, 0.25) is 6.04 Å². The first-order valence-corrected chi connectivity index (χ1v) is 14.5. The Morgan fingerprint density at radius 2 is 0.842 bits per heavy atom. The third kappa shape index (κ3) is 19.8. The molecule has 0 rings (SSSR count). The summed E-state index contributed by atoms with van der Waals surface area (Å²) in [6.45, 7) is 0. The molecule has 0 saturated heterocycles. The fraction of sp³-hybridized carbons (Fsp3) is 1.00. The largest absolute Gasteiger partial charge is 0.341 e. The van der Waals surface area contributed by atoms with E-state index in [9.17, 15) is 0 Å². The van der Waals surface area contributed by atoms with Crippen LogP contribution in [0.3, 0.4) is 0 Å². The molecule has 0 amide bonds. The van der Waals surface area contributed by atoms with Crippen molar-refractivity contribution in [2.75, 3.05) is 4.43 Å². The molecule has 0 saturated carbocycles. The van der Waals surface area contributed by atoms with Gasteiger partial charge in [0.1, 0.15) is 0 Å². The van der Waals surface area contributed by atoms with E-state index >= 15 is 0 Å². The first-order valence-electron chi connectivity index (χ1n) is 7.69. The van der Waals surface area contributed by atoms with Gasteiger partial charge in [0.15, 0.2) is 0 Å². The van der Waals surface area contributed by atoms with Gasteiger partial charge >= 0.3 is 6.00 Å². The van der Waals surface area contributed by atoms with E-state index < -0.39 is 6.00 Å². The summed E-state index contributed by atoms with van der Waals surface area (Å²) < 4.78 is 1.32. The maximum Gasteiger partial charge on any atom is 0.341 e. The first-order chi connectivity index (χ1) is 9.06. The lowest BCUT2D eigenvalue weighted by Gasteiger charge is -2.06. The predicted octanol–water partition coefficient (Wildman–Crippen LogP) is 7.76. The Hall–Kier alpha value is 1.82. The highest BCUT2D eigenvalue weighted by Gasteiger charge is 2.23. The van der Waals surface area contributed by atoms with Gasteiger partial charge in [0.25, 0.3) is 0 Å². The van der Waals surface area contributed by atoms with Crippen molar-refractivity contribution in [1.82, 2.24) is 0 Å². The molecule has 0 N–H and O–H groups in total. The van der Waals surface area contributed by atoms with Crippen molar-refractivity contribution in [3.8, 4) is 0 Å². The second-order valence-corrected chi connectivity index (χ2v) is 15.7. The number of alkyl halides is 1. The zero-order chi connectivity index (χ0) is 14.4. The van der Waals surface area contributed by atoms with E-state index in [-0.39, 0.29) is 0 Å². The molecule has 0 radical (unpaired) electrons. The van der Waals surface area contributed by atoms with Crippen molar-refractivity contribution < 1.29 is 0 Å². The van der Waals surface area contributed by atoms with Crippen LogP contribution in [0.25, 0.3) is 0 Å². The van der Waals surface area contributed by atoms with E-state index in [4.69, 9.17) is 33.2 Å². The van der Waals surface area contributed by atoms with Crippen LogP contribution in [-0.4, -0.2) is 10.4 Å². The molecule has 116 valence electrons. The Morgan fingerprint density at radius 3 is 1.16 bits per heavy atom. The van der Waals surface area contributed by atoms with Gasteiger partial charge in [0, 0.05) is 0 Å². The van der Waals surface area contributed by atoms with Gasteiger partial charge in [-0.15, -0.1) is 33.2 Å². The fourth-order valence-corrected chi connectivity index (χ4v) is 4.58. The topological polar surface area (TPSA) is 0 Å². The van der Waals surface area contributed by atoms with Crippen LogP contribution in [0.4, 0.5) is 0 Å². The highest BCUT2D eigenvalue weighted by atomic mass is 127. The monoisotopic (exact) mass is 456 g/mol. The third-order valence-electron chi connectivity index (χ3n) is 3.34. The molecule has 0 aromatic heterocycles. The second kappa shape index (κ2) is 14.7. The average Bonchev–Trinajstić information content (AvgIpc) is 2.34. The summed E-state index contributed by atoms with van der Waals surface area (Å²) in [5.41, 5.74) is 0. The summed E-state index contributed by atoms with van der Waals surface area (Å²) in [5, 5.41) is 0. The summed E-state index contributed by atoms with van der Waals surface area (Å²) in [5.74, 6) is 0. The molecule has 0 aliphatic carbocycles. The second-order valence-electron chi connectivity index (χ2n) is 5.30. The van der Waals surface area contributed by atoms with Crippen LogP contribution in [0, 0.1) is 0 Å². The van der Waals surface area contributed by atoms with Crippen molar-refractivity contribution in [3.05, 3.63) is 0 Å². The Balaban J connectivity index is 2.99. The molecule has 0 aromatic carbocycles. The standard InChI is InChI=1S/C14H28Cl3ISi/c15-19(16,17)14-12-10-8-6-4-2-1-3-5-7-9-11-13-18/h1-14H2. The summed E-state index contributed by atoms with van der Waals surface area (Å²) >= 11 is 20.0. The number of rotatable bonds is 14. The van der Waals surface area contributed by atoms with Crippen LogP contribution in [0.1, 0.15) is 77.0 Å². The summed E-state index contributed by atoms with van der Waals surface area (Å²) in [6, 6.07) is -1.51. The Morgan fingerprint density at radius 1 is 0.526 bits per heavy atom. The molecule has 0 aliphatic rings. The predicted molar refractivity (Wildman–Crippen MR) is 102 cm³/mol. The van der Waals surface area contributed by atoms with Crippen molar-refractivity contribution in [1.29, 1.82) is 0 Å². The number of hydrogen-bond donors (Lipinski definition) is 0. The van der Waals surface area contributed by atoms with E-state index in [0.717, 1.165) is 12.5 Å². The molecular formula is C14H28Cl3ISi. The summed E-state index contributed by atoms with van der Waals surface area (Å²) in [6.07, 6.45) is 16.3. The molecule has 0 aliphatic heterocycles. The molecule has 0 atom stereocenters. The van der Waals surface area contributed by atoms with Gasteiger partial charge in [-0.2, -0.15) is 0 Å². The zero-order valence-electron chi connectivity index (χ0n) is 11.9. The Bertz CT molecular complexity index is 186. The minimum absolute atomic E-state index is 0.828. The highest BCUT2D eigenvalue weighted by molar-refractivity contribution is 14.1. The normalized spacial score (nSPS) is 12.0. The first kappa shape index (κ1) is 20.8. The number of unbranched alkanes of at least 4 members (excludes halogenated alkanes) is 11. The summed E-state index contributed by atoms with van der Waals surface area (Å²) in [7, 11) is 0. The maximum absolute atomic E-state index is 5.85. The van der Waals surface area contributed by atoms with Crippen LogP contribution in [0.5, 0.6) is 0 Å². The molecule has 0 unspecified atom stereocenters. The molecular weight excluding hydrogens is 430 g/mol. The van der Waals surface area contributed by atoms with Gasteiger partial charge < -0.3 is 0 Å². The zero-order valence-corrected chi connectivity index (χ0v) is 17.3. The van der Waals surface area contributed by atoms with E-state index in [2.05, 4.69) is 22.6 Å². The van der Waals surface area contributed by atoms with Gasteiger partial charge in [0.2, 0.25) is 0 Å². The van der Waals surface area contributed by atoms with Crippen molar-refractivity contribution >= 4 is 61.8 Å². The van der Waals surface area contributed by atoms with Gasteiger partial charge in [-0.3, -0.25) is 0 Å². The van der Waals surface area contributed by atoms with Crippen molar-refractivity contribution in [2.24, 2.45) is 0 Å². The number of hydrogen-bond acceptors (Lipinski definition) is 0. The lowest BCUT2D eigenvalue weighted by atomic mass is 10.1. The summed E-state index contributed by atoms with van der Waals surface area (Å²) in [4.78, 5) is 0. The molecule has 0 heterocycles. The molecule has 5 heteroatoms. The minimum Gasteiger partial charge on any atom is -0.126 e. The van der Waals surface area contributed by atoms with Gasteiger partial charge in [-0.25, -0.2) is 0 Å². The minimum atomic E-state index is -2.34. The quantitative estimate of drug-likeness (QED) is 0.0822. The molecule has 19 heavy (non-hydrogen) atoms. The molecule has 0 bridgehead atoms. The van der Waals surface area contributed by atoms with E-state index in [1.807, 2.05) is 0 Å². The Labute approximate surface area is 148 Å². The highest BCUT2D eigenvalue weighted by Crippen LogP contribution is 2.27. The lowest BCUT2D eigenvalue weighted by molar-refractivity contribution is 0.548. The molecule has 0 aromatic rings. The number of halogens is 4. The van der Waals surface area contributed by atoms with Gasteiger partial charge in [-0.1, -0.05) is 93.2 Å². The smallest absolute Gasteiger partial charge is 0.126 e. The molecule has 0 spiro atoms. The van der Waals surface area contributed by atoms with Crippen LogP contribution in [0.15, 0.2) is 0 Å². The van der Waals surface area contributed by atoms with E-state index in [1.54, 1.807) is 0 Å². The average molecular weight is 458 g/mol. The lowest BCUT2D eigenvalue weighted by Crippen LogP contribution is -2.07. The van der Waals surface area contributed by atoms with Crippen molar-refractivity contribution in [2.45, 2.75) is 83.1 Å². The SMILES string of the molecule is Cl[Si](Cl)(Cl)CCCCCCCCCCCCCCI. The Kier molecular flexibility index (Phi) is 16.2. The molecule has 0 nitrogen and oxygen atoms in total. The molecule has 0 fully saturated rings.